The standard InChI is InChI=1S/C24H25N3O5/c1-14(26-11-15-6-2-3-7-17(15)22(26)30)21(29)27-12-16(28)10-24(27,23(25)31)19-13-32-20-9-5-4-8-18(19)20/h2-9,14,16,19,28H,10-13H2,1H3,(H2,25,31)/t14-,16?,19-,24?/m0/s1. The monoisotopic (exact) mass is 435 g/mol. The first-order chi connectivity index (χ1) is 15.3. The first kappa shape index (κ1) is 20.5. The summed E-state index contributed by atoms with van der Waals surface area (Å²) in [6.07, 6.45) is -0.880. The van der Waals surface area contributed by atoms with Gasteiger partial charge in [-0.05, 0) is 24.6 Å². The highest BCUT2D eigenvalue weighted by Gasteiger charge is 2.59. The number of para-hydroxylation sites is 1. The number of fused-ring (bicyclic) bond motifs is 2. The maximum absolute atomic E-state index is 13.7. The summed E-state index contributed by atoms with van der Waals surface area (Å²) in [6, 6.07) is 13.8. The summed E-state index contributed by atoms with van der Waals surface area (Å²) in [4.78, 5) is 42.5. The van der Waals surface area contributed by atoms with Crippen LogP contribution in [0.25, 0.3) is 0 Å². The summed E-state index contributed by atoms with van der Waals surface area (Å²) < 4.78 is 5.79. The van der Waals surface area contributed by atoms with E-state index in [4.69, 9.17) is 10.5 Å². The lowest BCUT2D eigenvalue weighted by atomic mass is 9.77. The fourth-order valence-electron chi connectivity index (χ4n) is 5.44. The predicted octanol–water partition coefficient (Wildman–Crippen LogP) is 1.02. The molecule has 0 bridgehead atoms. The quantitative estimate of drug-likeness (QED) is 0.745. The third-order valence-corrected chi connectivity index (χ3v) is 7.07. The summed E-state index contributed by atoms with van der Waals surface area (Å²) in [5.41, 5.74) is 6.72. The minimum atomic E-state index is -1.44. The van der Waals surface area contributed by atoms with Crippen LogP contribution in [-0.2, 0) is 16.1 Å². The Morgan fingerprint density at radius 2 is 1.91 bits per heavy atom. The van der Waals surface area contributed by atoms with Gasteiger partial charge in [-0.2, -0.15) is 0 Å². The highest BCUT2D eigenvalue weighted by molar-refractivity contribution is 6.02. The fraction of sp³-hybridized carbons (Fsp3) is 0.375. The number of likely N-dealkylation sites (tertiary alicyclic amines) is 1. The van der Waals surface area contributed by atoms with E-state index >= 15 is 0 Å². The molecule has 166 valence electrons. The van der Waals surface area contributed by atoms with Crippen molar-refractivity contribution >= 4 is 17.7 Å². The van der Waals surface area contributed by atoms with E-state index in [9.17, 15) is 19.5 Å². The maximum Gasteiger partial charge on any atom is 0.255 e. The van der Waals surface area contributed by atoms with Gasteiger partial charge >= 0.3 is 0 Å². The molecule has 2 unspecified atom stereocenters. The van der Waals surface area contributed by atoms with Gasteiger partial charge in [-0.15, -0.1) is 0 Å². The molecular formula is C24H25N3O5. The van der Waals surface area contributed by atoms with Crippen molar-refractivity contribution in [2.24, 2.45) is 5.73 Å². The summed E-state index contributed by atoms with van der Waals surface area (Å²) >= 11 is 0. The zero-order valence-electron chi connectivity index (χ0n) is 17.7. The second-order valence-corrected chi connectivity index (χ2v) is 8.76. The highest BCUT2D eigenvalue weighted by Crippen LogP contribution is 2.48. The lowest BCUT2D eigenvalue weighted by molar-refractivity contribution is -0.148. The molecule has 2 aromatic carbocycles. The molecule has 3 N–H and O–H groups in total. The molecule has 4 atom stereocenters. The lowest BCUT2D eigenvalue weighted by Gasteiger charge is -2.41. The Labute approximate surface area is 185 Å². The van der Waals surface area contributed by atoms with Crippen molar-refractivity contribution in [2.45, 2.75) is 43.5 Å². The van der Waals surface area contributed by atoms with Gasteiger partial charge in [-0.25, -0.2) is 0 Å². The first-order valence-electron chi connectivity index (χ1n) is 10.7. The number of carbonyl (C=O) groups excluding carboxylic acids is 3. The van der Waals surface area contributed by atoms with E-state index in [0.717, 1.165) is 11.1 Å². The smallest absolute Gasteiger partial charge is 0.255 e. The molecule has 0 aromatic heterocycles. The van der Waals surface area contributed by atoms with Gasteiger partial charge in [0.15, 0.2) is 0 Å². The van der Waals surface area contributed by atoms with Crippen LogP contribution >= 0.6 is 0 Å². The van der Waals surface area contributed by atoms with Gasteiger partial charge in [0.2, 0.25) is 11.8 Å². The van der Waals surface area contributed by atoms with Crippen molar-refractivity contribution in [3.8, 4) is 5.75 Å². The summed E-state index contributed by atoms with van der Waals surface area (Å²) in [5, 5.41) is 10.6. The second-order valence-electron chi connectivity index (χ2n) is 8.76. The third-order valence-electron chi connectivity index (χ3n) is 7.07. The van der Waals surface area contributed by atoms with Crippen molar-refractivity contribution in [1.29, 1.82) is 0 Å². The minimum absolute atomic E-state index is 0.0251. The number of hydrogen-bond donors (Lipinski definition) is 2. The van der Waals surface area contributed by atoms with Crippen LogP contribution in [0.3, 0.4) is 0 Å². The third kappa shape index (κ3) is 2.82. The predicted molar refractivity (Wildman–Crippen MR) is 115 cm³/mol. The fourth-order valence-corrected chi connectivity index (χ4v) is 5.44. The van der Waals surface area contributed by atoms with E-state index < -0.39 is 35.4 Å². The highest BCUT2D eigenvalue weighted by atomic mass is 16.5. The van der Waals surface area contributed by atoms with Crippen molar-refractivity contribution in [3.05, 3.63) is 65.2 Å². The van der Waals surface area contributed by atoms with Gasteiger partial charge < -0.3 is 25.4 Å². The number of primary amides is 1. The number of nitrogens with zero attached hydrogens (tertiary/aromatic N) is 2. The van der Waals surface area contributed by atoms with Gasteiger partial charge in [0.1, 0.15) is 17.3 Å². The summed E-state index contributed by atoms with van der Waals surface area (Å²) in [5.74, 6) is -1.18. The number of nitrogens with two attached hydrogens (primary N) is 1. The molecule has 8 heteroatoms. The Hall–Kier alpha value is -3.39. The number of rotatable bonds is 4. The Morgan fingerprint density at radius 3 is 2.66 bits per heavy atom. The molecule has 2 aromatic rings. The number of carbonyl (C=O) groups is 3. The summed E-state index contributed by atoms with van der Waals surface area (Å²) in [7, 11) is 0. The minimum Gasteiger partial charge on any atom is -0.493 e. The van der Waals surface area contributed by atoms with Crippen molar-refractivity contribution in [1.82, 2.24) is 9.80 Å². The van der Waals surface area contributed by atoms with Crippen LogP contribution in [0.5, 0.6) is 5.75 Å². The van der Waals surface area contributed by atoms with Crippen molar-refractivity contribution in [3.63, 3.8) is 0 Å². The Kier molecular flexibility index (Phi) is 4.70. The number of amides is 3. The van der Waals surface area contributed by atoms with Crippen LogP contribution < -0.4 is 10.5 Å². The maximum atomic E-state index is 13.7. The van der Waals surface area contributed by atoms with Crippen LogP contribution in [0.4, 0.5) is 0 Å². The van der Waals surface area contributed by atoms with E-state index in [-0.39, 0.29) is 25.5 Å². The number of β-amino-alcohol motifs (C(OH)–C–C–N with tert-alkyl or cyclic N) is 1. The van der Waals surface area contributed by atoms with Crippen molar-refractivity contribution < 1.29 is 24.2 Å². The van der Waals surface area contributed by atoms with Crippen LogP contribution in [0, 0.1) is 0 Å². The number of aliphatic hydroxyl groups is 1. The number of hydrogen-bond acceptors (Lipinski definition) is 5. The topological polar surface area (TPSA) is 113 Å². The average molecular weight is 435 g/mol. The molecule has 5 rings (SSSR count). The SMILES string of the molecule is C[C@@H](C(=O)N1CC(O)CC1(C(N)=O)[C@H]1COc2ccccc21)N1Cc2ccccc2C1=O. The van der Waals surface area contributed by atoms with Gasteiger partial charge in [0.25, 0.3) is 5.91 Å². The second kappa shape index (κ2) is 7.34. The van der Waals surface area contributed by atoms with E-state index in [2.05, 4.69) is 0 Å². The van der Waals surface area contributed by atoms with Crippen LogP contribution in [0.2, 0.25) is 0 Å². The molecular weight excluding hydrogens is 410 g/mol. The van der Waals surface area contributed by atoms with E-state index in [1.54, 1.807) is 19.1 Å². The largest absolute Gasteiger partial charge is 0.493 e. The molecule has 3 aliphatic rings. The number of aliphatic hydroxyl groups excluding tert-OH is 1. The molecule has 0 saturated carbocycles. The Balaban J connectivity index is 1.50. The average Bonchev–Trinajstić information content (AvgIpc) is 3.47. The zero-order valence-corrected chi connectivity index (χ0v) is 17.7. The molecule has 8 nitrogen and oxygen atoms in total. The van der Waals surface area contributed by atoms with Crippen LogP contribution in [-0.4, -0.2) is 63.5 Å². The molecule has 3 heterocycles. The summed E-state index contributed by atoms with van der Waals surface area (Å²) in [6.45, 7) is 2.12. The van der Waals surface area contributed by atoms with Gasteiger partial charge in [-0.3, -0.25) is 14.4 Å². The molecule has 1 saturated heterocycles. The van der Waals surface area contributed by atoms with E-state index in [1.165, 1.54) is 9.80 Å². The molecule has 0 radical (unpaired) electrons. The normalized spacial score (nSPS) is 27.1. The van der Waals surface area contributed by atoms with E-state index in [1.807, 2.05) is 36.4 Å². The Bertz CT molecular complexity index is 1120. The molecule has 1 fully saturated rings. The van der Waals surface area contributed by atoms with Gasteiger partial charge in [0, 0.05) is 30.6 Å². The molecule has 3 amide bonds. The van der Waals surface area contributed by atoms with Gasteiger partial charge in [-0.1, -0.05) is 36.4 Å². The van der Waals surface area contributed by atoms with E-state index in [0.29, 0.717) is 17.9 Å². The van der Waals surface area contributed by atoms with Crippen LogP contribution in [0.15, 0.2) is 48.5 Å². The molecule has 3 aliphatic heterocycles. The van der Waals surface area contributed by atoms with Crippen LogP contribution in [0.1, 0.15) is 40.7 Å². The molecule has 0 aliphatic carbocycles. The molecule has 32 heavy (non-hydrogen) atoms. The molecule has 0 spiro atoms. The van der Waals surface area contributed by atoms with Gasteiger partial charge in [0.05, 0.1) is 18.6 Å². The zero-order chi connectivity index (χ0) is 22.6. The number of ether oxygens (including phenoxy) is 1. The lowest BCUT2D eigenvalue weighted by Crippen LogP contribution is -2.62. The Morgan fingerprint density at radius 1 is 1.19 bits per heavy atom. The van der Waals surface area contributed by atoms with Crippen molar-refractivity contribution in [2.75, 3.05) is 13.2 Å². The first-order valence-corrected chi connectivity index (χ1v) is 10.7. The number of benzene rings is 2.